The molecule has 0 unspecified atom stereocenters. The Morgan fingerprint density at radius 1 is 1.50 bits per heavy atom. The standard InChI is InChI=1S/C11H13N3O3S/c1-18(15,16)10-5-12-14(7-10)6-9-4-11(13-17-9)8-2-3-8/h4-5,7-8H,2-3,6H2,1H3. The zero-order chi connectivity index (χ0) is 12.8. The smallest absolute Gasteiger partial charge is 0.178 e. The summed E-state index contributed by atoms with van der Waals surface area (Å²) < 4.78 is 29.4. The fourth-order valence-electron chi connectivity index (χ4n) is 1.76. The molecular formula is C11H13N3O3S. The summed E-state index contributed by atoms with van der Waals surface area (Å²) in [4.78, 5) is 0.212. The van der Waals surface area contributed by atoms with Crippen molar-refractivity contribution >= 4 is 9.84 Å². The molecule has 2 aromatic heterocycles. The molecular weight excluding hydrogens is 254 g/mol. The van der Waals surface area contributed by atoms with E-state index in [0.29, 0.717) is 18.2 Å². The minimum atomic E-state index is -3.20. The van der Waals surface area contributed by atoms with Crippen molar-refractivity contribution in [2.75, 3.05) is 6.26 Å². The van der Waals surface area contributed by atoms with Crippen LogP contribution in [0.1, 0.15) is 30.2 Å². The van der Waals surface area contributed by atoms with Gasteiger partial charge in [0.05, 0.1) is 11.9 Å². The van der Waals surface area contributed by atoms with Gasteiger partial charge in [0.2, 0.25) is 0 Å². The second kappa shape index (κ2) is 3.94. The topological polar surface area (TPSA) is 78.0 Å². The van der Waals surface area contributed by atoms with E-state index in [0.717, 1.165) is 11.9 Å². The van der Waals surface area contributed by atoms with Crippen LogP contribution in [0, 0.1) is 0 Å². The maximum atomic E-state index is 11.3. The van der Waals surface area contributed by atoms with Crippen LogP contribution in [0.5, 0.6) is 0 Å². The summed E-state index contributed by atoms with van der Waals surface area (Å²) >= 11 is 0. The van der Waals surface area contributed by atoms with Gasteiger partial charge in [-0.2, -0.15) is 5.10 Å². The average Bonchev–Trinajstić information content (AvgIpc) is 2.85. The van der Waals surface area contributed by atoms with E-state index in [9.17, 15) is 8.42 Å². The third kappa shape index (κ3) is 2.31. The first-order chi connectivity index (χ1) is 8.52. The van der Waals surface area contributed by atoms with Crippen molar-refractivity contribution in [2.24, 2.45) is 0 Å². The minimum absolute atomic E-state index is 0.212. The molecule has 1 aliphatic carbocycles. The van der Waals surface area contributed by atoms with Crippen molar-refractivity contribution < 1.29 is 12.9 Å². The molecule has 1 fully saturated rings. The van der Waals surface area contributed by atoms with Gasteiger partial charge in [0.25, 0.3) is 0 Å². The molecule has 2 aromatic rings. The second-order valence-corrected chi connectivity index (χ2v) is 6.65. The molecule has 0 N–H and O–H groups in total. The van der Waals surface area contributed by atoms with Crippen LogP contribution in [0.15, 0.2) is 27.9 Å². The summed E-state index contributed by atoms with van der Waals surface area (Å²) in [6.07, 6.45) is 6.34. The van der Waals surface area contributed by atoms with E-state index in [1.807, 2.05) is 6.07 Å². The van der Waals surface area contributed by atoms with Gasteiger partial charge in [0.1, 0.15) is 11.4 Å². The first-order valence-corrected chi connectivity index (χ1v) is 7.59. The Kier molecular flexibility index (Phi) is 2.51. The van der Waals surface area contributed by atoms with Gasteiger partial charge in [0, 0.05) is 24.4 Å². The largest absolute Gasteiger partial charge is 0.359 e. The van der Waals surface area contributed by atoms with Gasteiger partial charge in [-0.25, -0.2) is 8.42 Å². The maximum absolute atomic E-state index is 11.3. The number of nitrogens with zero attached hydrogens (tertiary/aromatic N) is 3. The Bertz CT molecular complexity index is 667. The maximum Gasteiger partial charge on any atom is 0.178 e. The molecule has 0 aliphatic heterocycles. The molecule has 0 spiro atoms. The van der Waals surface area contributed by atoms with Gasteiger partial charge in [0.15, 0.2) is 15.6 Å². The van der Waals surface area contributed by atoms with E-state index < -0.39 is 9.84 Å². The SMILES string of the molecule is CS(=O)(=O)c1cnn(Cc2cc(C3CC3)no2)c1. The fraction of sp³-hybridized carbons (Fsp3) is 0.455. The Hall–Kier alpha value is -1.63. The first-order valence-electron chi connectivity index (χ1n) is 5.70. The van der Waals surface area contributed by atoms with E-state index in [2.05, 4.69) is 10.3 Å². The Morgan fingerprint density at radius 3 is 2.89 bits per heavy atom. The van der Waals surface area contributed by atoms with Crippen molar-refractivity contribution in [2.45, 2.75) is 30.2 Å². The first kappa shape index (κ1) is 11.5. The Morgan fingerprint density at radius 2 is 2.28 bits per heavy atom. The molecule has 0 amide bonds. The normalized spacial score (nSPS) is 16.1. The van der Waals surface area contributed by atoms with Crippen molar-refractivity contribution in [3.05, 3.63) is 29.9 Å². The summed E-state index contributed by atoms with van der Waals surface area (Å²) in [6, 6.07) is 1.92. The summed E-state index contributed by atoms with van der Waals surface area (Å²) in [6.45, 7) is 0.398. The van der Waals surface area contributed by atoms with E-state index in [1.165, 1.54) is 29.9 Å². The molecule has 96 valence electrons. The molecule has 0 saturated heterocycles. The van der Waals surface area contributed by atoms with Gasteiger partial charge in [-0.3, -0.25) is 4.68 Å². The third-order valence-corrected chi connectivity index (χ3v) is 4.00. The minimum Gasteiger partial charge on any atom is -0.359 e. The number of rotatable bonds is 4. The molecule has 1 aliphatic rings. The van der Waals surface area contributed by atoms with Crippen molar-refractivity contribution in [3.63, 3.8) is 0 Å². The molecule has 7 heteroatoms. The van der Waals surface area contributed by atoms with Crippen molar-refractivity contribution in [1.29, 1.82) is 0 Å². The molecule has 18 heavy (non-hydrogen) atoms. The molecule has 1 saturated carbocycles. The van der Waals surface area contributed by atoms with E-state index in [-0.39, 0.29) is 4.90 Å². The average molecular weight is 267 g/mol. The van der Waals surface area contributed by atoms with Gasteiger partial charge < -0.3 is 4.52 Å². The third-order valence-electron chi connectivity index (χ3n) is 2.93. The highest BCUT2D eigenvalue weighted by molar-refractivity contribution is 7.90. The number of hydrogen-bond donors (Lipinski definition) is 0. The van der Waals surface area contributed by atoms with Crippen molar-refractivity contribution in [3.8, 4) is 0 Å². The monoisotopic (exact) mass is 267 g/mol. The second-order valence-electron chi connectivity index (χ2n) is 4.64. The predicted molar refractivity (Wildman–Crippen MR) is 62.9 cm³/mol. The van der Waals surface area contributed by atoms with Gasteiger partial charge in [-0.05, 0) is 12.8 Å². The van der Waals surface area contributed by atoms with Crippen LogP contribution in [0.3, 0.4) is 0 Å². The van der Waals surface area contributed by atoms with Gasteiger partial charge in [-0.1, -0.05) is 5.16 Å². The quantitative estimate of drug-likeness (QED) is 0.831. The predicted octanol–water partition coefficient (Wildman–Crippen LogP) is 1.20. The number of hydrogen-bond acceptors (Lipinski definition) is 5. The van der Waals surface area contributed by atoms with E-state index >= 15 is 0 Å². The van der Waals surface area contributed by atoms with E-state index in [1.54, 1.807) is 0 Å². The zero-order valence-electron chi connectivity index (χ0n) is 9.91. The highest BCUT2D eigenvalue weighted by Crippen LogP contribution is 2.39. The fourth-order valence-corrected chi connectivity index (χ4v) is 2.31. The molecule has 0 bridgehead atoms. The summed E-state index contributed by atoms with van der Waals surface area (Å²) in [7, 11) is -3.20. The lowest BCUT2D eigenvalue weighted by Gasteiger charge is -1.95. The van der Waals surface area contributed by atoms with Crippen LogP contribution in [-0.2, 0) is 16.4 Å². The van der Waals surface area contributed by atoms with Crippen LogP contribution < -0.4 is 0 Å². The van der Waals surface area contributed by atoms with Gasteiger partial charge >= 0.3 is 0 Å². The van der Waals surface area contributed by atoms with Crippen LogP contribution in [-0.4, -0.2) is 29.6 Å². The highest BCUT2D eigenvalue weighted by atomic mass is 32.2. The molecule has 0 radical (unpaired) electrons. The van der Waals surface area contributed by atoms with Crippen LogP contribution in [0.25, 0.3) is 0 Å². The van der Waals surface area contributed by atoms with Crippen LogP contribution in [0.4, 0.5) is 0 Å². The molecule has 6 nitrogen and oxygen atoms in total. The van der Waals surface area contributed by atoms with Crippen LogP contribution >= 0.6 is 0 Å². The zero-order valence-corrected chi connectivity index (χ0v) is 10.7. The summed E-state index contributed by atoms with van der Waals surface area (Å²) in [5, 5.41) is 7.99. The molecule has 3 rings (SSSR count). The molecule has 0 aromatic carbocycles. The lowest BCUT2D eigenvalue weighted by molar-refractivity contribution is 0.366. The number of aromatic nitrogens is 3. The lowest BCUT2D eigenvalue weighted by atomic mass is 10.3. The highest BCUT2D eigenvalue weighted by Gasteiger charge is 2.27. The molecule has 0 atom stereocenters. The lowest BCUT2D eigenvalue weighted by Crippen LogP contribution is -1.99. The summed E-state index contributed by atoms with van der Waals surface area (Å²) in [5.74, 6) is 1.24. The van der Waals surface area contributed by atoms with E-state index in [4.69, 9.17) is 4.52 Å². The summed E-state index contributed by atoms with van der Waals surface area (Å²) in [5.41, 5.74) is 0.987. The molecule has 2 heterocycles. The van der Waals surface area contributed by atoms with Crippen molar-refractivity contribution in [1.82, 2.24) is 14.9 Å². The number of sulfone groups is 1. The van der Waals surface area contributed by atoms with Crippen LogP contribution in [0.2, 0.25) is 0 Å². The Balaban J connectivity index is 1.77. The van der Waals surface area contributed by atoms with Gasteiger partial charge in [-0.15, -0.1) is 0 Å². The Labute approximate surface area is 105 Å².